The topological polar surface area (TPSA) is 105 Å². The molecule has 0 saturated carbocycles. The van der Waals surface area contributed by atoms with Crippen molar-refractivity contribution in [2.45, 2.75) is 20.8 Å². The first kappa shape index (κ1) is 18.2. The lowest BCUT2D eigenvalue weighted by Crippen LogP contribution is -2.07. The number of hydrogen-bond donors (Lipinski definition) is 4. The number of nitrogens with two attached hydrogens (primary N) is 1. The highest BCUT2D eigenvalue weighted by Gasteiger charge is 2.10. The predicted molar refractivity (Wildman–Crippen MR) is 110 cm³/mol. The quantitative estimate of drug-likeness (QED) is 0.544. The zero-order valence-corrected chi connectivity index (χ0v) is 15.5. The van der Waals surface area contributed by atoms with Crippen LogP contribution in [0, 0.1) is 13.8 Å². The van der Waals surface area contributed by atoms with E-state index in [1.807, 2.05) is 31.2 Å². The number of carbonyl (C=O) groups is 1. The van der Waals surface area contributed by atoms with Crippen LogP contribution in [0.2, 0.25) is 0 Å². The maximum Gasteiger partial charge on any atom is 0.221 e. The van der Waals surface area contributed by atoms with E-state index >= 15 is 0 Å². The molecule has 0 aliphatic heterocycles. The van der Waals surface area contributed by atoms with Gasteiger partial charge in [0.2, 0.25) is 5.91 Å². The zero-order chi connectivity index (χ0) is 19.4. The number of hydrogen-bond acceptors (Lipinski definition) is 6. The summed E-state index contributed by atoms with van der Waals surface area (Å²) in [5.41, 5.74) is 11.5. The molecule has 0 aliphatic carbocycles. The zero-order valence-electron chi connectivity index (χ0n) is 15.5. The van der Waals surface area contributed by atoms with Crippen molar-refractivity contribution >= 4 is 40.3 Å². The summed E-state index contributed by atoms with van der Waals surface area (Å²) in [5.74, 6) is 0.930. The number of benzene rings is 2. The van der Waals surface area contributed by atoms with E-state index in [0.717, 1.165) is 22.6 Å². The summed E-state index contributed by atoms with van der Waals surface area (Å²) in [7, 11) is 0. The van der Waals surface area contributed by atoms with E-state index in [2.05, 4.69) is 38.9 Å². The van der Waals surface area contributed by atoms with Gasteiger partial charge in [-0.1, -0.05) is 12.1 Å². The molecule has 3 aromatic rings. The Labute approximate surface area is 158 Å². The second-order valence-electron chi connectivity index (χ2n) is 6.24. The summed E-state index contributed by atoms with van der Waals surface area (Å²) < 4.78 is 0. The number of nitrogens with zero attached hydrogens (tertiary/aromatic N) is 2. The Hall–Kier alpha value is -3.61. The minimum absolute atomic E-state index is 0.113. The van der Waals surface area contributed by atoms with Gasteiger partial charge < -0.3 is 21.7 Å². The number of rotatable bonds is 5. The standard InChI is InChI=1S/C20H22N6O/c1-12-5-4-6-17(13(12)2)26-20-18(21)19(22-11-23-20)25-16-9-7-15(8-10-16)24-14(3)27/h4-11H,21H2,1-3H3,(H,24,27)(H2,22,23,25,26). The lowest BCUT2D eigenvalue weighted by molar-refractivity contribution is -0.114. The van der Waals surface area contributed by atoms with Gasteiger partial charge in [0, 0.05) is 24.0 Å². The predicted octanol–water partition coefficient (Wildman–Crippen LogP) is 4.12. The fourth-order valence-corrected chi connectivity index (χ4v) is 2.59. The smallest absolute Gasteiger partial charge is 0.221 e. The van der Waals surface area contributed by atoms with Crippen LogP contribution in [0.1, 0.15) is 18.1 Å². The molecule has 1 heterocycles. The van der Waals surface area contributed by atoms with Crippen molar-refractivity contribution in [3.8, 4) is 0 Å². The van der Waals surface area contributed by atoms with Gasteiger partial charge >= 0.3 is 0 Å². The molecule has 27 heavy (non-hydrogen) atoms. The summed E-state index contributed by atoms with van der Waals surface area (Å²) in [5, 5.41) is 9.18. The highest BCUT2D eigenvalue weighted by atomic mass is 16.1. The van der Waals surface area contributed by atoms with Gasteiger partial charge in [0.25, 0.3) is 0 Å². The summed E-state index contributed by atoms with van der Waals surface area (Å²) in [4.78, 5) is 19.6. The van der Waals surface area contributed by atoms with Crippen molar-refractivity contribution in [3.63, 3.8) is 0 Å². The average Bonchev–Trinajstić information content (AvgIpc) is 2.63. The van der Waals surface area contributed by atoms with E-state index < -0.39 is 0 Å². The molecule has 5 N–H and O–H groups in total. The fraction of sp³-hybridized carbons (Fsp3) is 0.150. The maximum atomic E-state index is 11.1. The van der Waals surface area contributed by atoms with Gasteiger partial charge in [0.15, 0.2) is 11.6 Å². The number of anilines is 6. The third-order valence-corrected chi connectivity index (χ3v) is 4.21. The molecule has 7 nitrogen and oxygen atoms in total. The van der Waals surface area contributed by atoms with Gasteiger partial charge in [-0.25, -0.2) is 9.97 Å². The molecule has 1 aromatic heterocycles. The molecular weight excluding hydrogens is 340 g/mol. The first-order valence-corrected chi connectivity index (χ1v) is 8.52. The van der Waals surface area contributed by atoms with Crippen LogP contribution in [-0.2, 0) is 4.79 Å². The van der Waals surface area contributed by atoms with Crippen molar-refractivity contribution < 1.29 is 4.79 Å². The van der Waals surface area contributed by atoms with Gasteiger partial charge in [-0.05, 0) is 55.3 Å². The number of amides is 1. The lowest BCUT2D eigenvalue weighted by Gasteiger charge is -2.15. The van der Waals surface area contributed by atoms with E-state index in [-0.39, 0.29) is 5.91 Å². The highest BCUT2D eigenvalue weighted by Crippen LogP contribution is 2.30. The van der Waals surface area contributed by atoms with E-state index in [1.165, 1.54) is 18.8 Å². The number of nitrogens with one attached hydrogen (secondary N) is 3. The number of carbonyl (C=O) groups excluding carboxylic acids is 1. The highest BCUT2D eigenvalue weighted by molar-refractivity contribution is 5.89. The molecule has 2 aromatic carbocycles. The largest absolute Gasteiger partial charge is 0.393 e. The Morgan fingerprint density at radius 1 is 0.926 bits per heavy atom. The fourth-order valence-electron chi connectivity index (χ4n) is 2.59. The normalized spacial score (nSPS) is 10.3. The van der Waals surface area contributed by atoms with Crippen LogP contribution >= 0.6 is 0 Å². The van der Waals surface area contributed by atoms with Gasteiger partial charge in [0.1, 0.15) is 12.0 Å². The molecule has 0 aliphatic rings. The second-order valence-corrected chi connectivity index (χ2v) is 6.24. The van der Waals surface area contributed by atoms with Crippen LogP contribution in [0.3, 0.4) is 0 Å². The Kier molecular flexibility index (Phi) is 5.21. The molecule has 0 unspecified atom stereocenters. The molecule has 1 amide bonds. The van der Waals surface area contributed by atoms with E-state index in [9.17, 15) is 4.79 Å². The van der Waals surface area contributed by atoms with Crippen LogP contribution in [0.5, 0.6) is 0 Å². The van der Waals surface area contributed by atoms with Crippen molar-refractivity contribution in [1.82, 2.24) is 9.97 Å². The summed E-state index contributed by atoms with van der Waals surface area (Å²) in [6.45, 7) is 5.57. The SMILES string of the molecule is CC(=O)Nc1ccc(Nc2ncnc(Nc3cccc(C)c3C)c2N)cc1. The first-order valence-electron chi connectivity index (χ1n) is 8.52. The molecule has 0 saturated heterocycles. The first-order chi connectivity index (χ1) is 12.9. The molecule has 0 atom stereocenters. The molecule has 7 heteroatoms. The Balaban J connectivity index is 1.80. The molecular formula is C20H22N6O. The summed E-state index contributed by atoms with van der Waals surface area (Å²) >= 11 is 0. The summed E-state index contributed by atoms with van der Waals surface area (Å²) in [6, 6.07) is 13.3. The number of aromatic nitrogens is 2. The van der Waals surface area contributed by atoms with Gasteiger partial charge in [-0.15, -0.1) is 0 Å². The molecule has 0 fully saturated rings. The van der Waals surface area contributed by atoms with Gasteiger partial charge in [0.05, 0.1) is 0 Å². The molecule has 138 valence electrons. The van der Waals surface area contributed by atoms with Crippen molar-refractivity contribution in [1.29, 1.82) is 0 Å². The van der Waals surface area contributed by atoms with Crippen LogP contribution in [0.15, 0.2) is 48.8 Å². The van der Waals surface area contributed by atoms with Crippen molar-refractivity contribution in [2.24, 2.45) is 0 Å². The monoisotopic (exact) mass is 362 g/mol. The minimum Gasteiger partial charge on any atom is -0.393 e. The van der Waals surface area contributed by atoms with E-state index in [4.69, 9.17) is 5.73 Å². The van der Waals surface area contributed by atoms with E-state index in [0.29, 0.717) is 17.3 Å². The van der Waals surface area contributed by atoms with E-state index in [1.54, 1.807) is 12.1 Å². The van der Waals surface area contributed by atoms with Crippen LogP contribution < -0.4 is 21.7 Å². The van der Waals surface area contributed by atoms with Gasteiger partial charge in [-0.3, -0.25) is 4.79 Å². The van der Waals surface area contributed by atoms with Crippen molar-refractivity contribution in [3.05, 3.63) is 59.9 Å². The lowest BCUT2D eigenvalue weighted by atomic mass is 10.1. The maximum absolute atomic E-state index is 11.1. The minimum atomic E-state index is -0.113. The van der Waals surface area contributed by atoms with Crippen LogP contribution in [0.4, 0.5) is 34.4 Å². The van der Waals surface area contributed by atoms with Crippen LogP contribution in [-0.4, -0.2) is 15.9 Å². The molecule has 0 spiro atoms. The Morgan fingerprint density at radius 3 is 2.22 bits per heavy atom. The molecule has 0 bridgehead atoms. The van der Waals surface area contributed by atoms with Crippen LogP contribution in [0.25, 0.3) is 0 Å². The average molecular weight is 362 g/mol. The summed E-state index contributed by atoms with van der Waals surface area (Å²) in [6.07, 6.45) is 1.46. The van der Waals surface area contributed by atoms with Crippen molar-refractivity contribution in [2.75, 3.05) is 21.7 Å². The van der Waals surface area contributed by atoms with Gasteiger partial charge in [-0.2, -0.15) is 0 Å². The number of aryl methyl sites for hydroxylation is 1. The third kappa shape index (κ3) is 4.33. The Bertz CT molecular complexity index is 969. The Morgan fingerprint density at radius 2 is 1.56 bits per heavy atom. The number of nitrogen functional groups attached to an aromatic ring is 1. The second kappa shape index (κ2) is 7.74. The molecule has 3 rings (SSSR count). The third-order valence-electron chi connectivity index (χ3n) is 4.21. The molecule has 0 radical (unpaired) electrons.